The van der Waals surface area contributed by atoms with Crippen LogP contribution in [0.1, 0.15) is 6.92 Å². The van der Waals surface area contributed by atoms with Crippen LogP contribution in [0.25, 0.3) is 11.5 Å². The van der Waals surface area contributed by atoms with Gasteiger partial charge in [0.05, 0.1) is 17.9 Å². The summed E-state index contributed by atoms with van der Waals surface area (Å²) in [5.74, 6) is 1.13. The highest BCUT2D eigenvalue weighted by molar-refractivity contribution is 7.71. The monoisotopic (exact) mass is 343 g/mol. The molecule has 0 aliphatic rings. The Hall–Kier alpha value is -2.80. The number of nitrogens with zero attached hydrogens (tertiary/aromatic N) is 2. The summed E-state index contributed by atoms with van der Waals surface area (Å²) in [7, 11) is 0. The summed E-state index contributed by atoms with van der Waals surface area (Å²) in [5, 5.41) is 17.4. The predicted octanol–water partition coefficient (Wildman–Crippen LogP) is 4.05. The number of anilines is 1. The summed E-state index contributed by atoms with van der Waals surface area (Å²) in [6.07, 6.45) is 0. The quantitative estimate of drug-likeness (QED) is 0.658. The fraction of sp³-hybridized carbons (Fsp3) is 0.176. The number of para-hydroxylation sites is 3. The largest absolute Gasteiger partial charge is 0.507 e. The fourth-order valence-corrected chi connectivity index (χ4v) is 2.41. The van der Waals surface area contributed by atoms with Gasteiger partial charge < -0.3 is 19.6 Å². The zero-order valence-corrected chi connectivity index (χ0v) is 13.9. The average Bonchev–Trinajstić information content (AvgIpc) is 2.95. The summed E-state index contributed by atoms with van der Waals surface area (Å²) >= 11 is 5.20. The average molecular weight is 343 g/mol. The minimum Gasteiger partial charge on any atom is -0.507 e. The molecule has 24 heavy (non-hydrogen) atoms. The molecule has 124 valence electrons. The Bertz CT molecular complexity index is 889. The minimum absolute atomic E-state index is 0.0931. The molecule has 0 unspecified atom stereocenters. The first-order chi connectivity index (χ1) is 11.7. The van der Waals surface area contributed by atoms with E-state index >= 15 is 0 Å². The fourth-order valence-electron chi connectivity index (χ4n) is 2.22. The highest BCUT2D eigenvalue weighted by Crippen LogP contribution is 2.28. The molecular weight excluding hydrogens is 326 g/mol. The van der Waals surface area contributed by atoms with Crippen molar-refractivity contribution in [2.75, 3.05) is 11.9 Å². The lowest BCUT2D eigenvalue weighted by Gasteiger charge is -2.11. The van der Waals surface area contributed by atoms with E-state index in [2.05, 4.69) is 10.4 Å². The van der Waals surface area contributed by atoms with Gasteiger partial charge in [-0.2, -0.15) is 0 Å². The van der Waals surface area contributed by atoms with E-state index in [4.69, 9.17) is 21.4 Å². The van der Waals surface area contributed by atoms with Crippen LogP contribution in [0.2, 0.25) is 0 Å². The zero-order valence-electron chi connectivity index (χ0n) is 13.1. The summed E-state index contributed by atoms with van der Waals surface area (Å²) in [6.45, 7) is 2.84. The standard InChI is InChI=1S/C17H17N3O3S/c1-2-22-15-10-6-4-8-13(15)18-11-20-17(24)23-16(19-20)12-7-3-5-9-14(12)21/h3-10,18,21H,2,11H2,1H3. The molecule has 0 aliphatic carbocycles. The van der Waals surface area contributed by atoms with Crippen LogP contribution < -0.4 is 10.1 Å². The van der Waals surface area contributed by atoms with E-state index in [0.29, 0.717) is 18.8 Å². The van der Waals surface area contributed by atoms with Gasteiger partial charge in [0.15, 0.2) is 0 Å². The lowest BCUT2D eigenvalue weighted by atomic mass is 10.2. The number of aromatic nitrogens is 2. The maximum atomic E-state index is 9.89. The van der Waals surface area contributed by atoms with Crippen LogP contribution in [0.3, 0.4) is 0 Å². The Morgan fingerprint density at radius 1 is 1.21 bits per heavy atom. The third kappa shape index (κ3) is 3.41. The van der Waals surface area contributed by atoms with E-state index in [0.717, 1.165) is 11.4 Å². The molecule has 3 aromatic rings. The number of phenolic OH excluding ortho intramolecular Hbond substituents is 1. The second-order valence-corrected chi connectivity index (χ2v) is 5.30. The minimum atomic E-state index is 0.0931. The third-order valence-electron chi connectivity index (χ3n) is 3.35. The molecule has 1 heterocycles. The summed E-state index contributed by atoms with van der Waals surface area (Å²) in [4.78, 5) is 0.217. The van der Waals surface area contributed by atoms with Gasteiger partial charge in [0.1, 0.15) is 18.2 Å². The van der Waals surface area contributed by atoms with Gasteiger partial charge in [0.2, 0.25) is 0 Å². The van der Waals surface area contributed by atoms with Crippen molar-refractivity contribution < 1.29 is 14.3 Å². The predicted molar refractivity (Wildman–Crippen MR) is 93.7 cm³/mol. The van der Waals surface area contributed by atoms with Crippen LogP contribution in [-0.4, -0.2) is 21.5 Å². The van der Waals surface area contributed by atoms with Crippen molar-refractivity contribution in [1.29, 1.82) is 0 Å². The second-order valence-electron chi connectivity index (χ2n) is 4.95. The molecule has 2 aromatic carbocycles. The Morgan fingerprint density at radius 3 is 2.75 bits per heavy atom. The lowest BCUT2D eigenvalue weighted by molar-refractivity contribution is 0.341. The molecule has 0 fully saturated rings. The summed E-state index contributed by atoms with van der Waals surface area (Å²) < 4.78 is 12.6. The maximum absolute atomic E-state index is 9.89. The van der Waals surface area contributed by atoms with Crippen molar-refractivity contribution in [2.45, 2.75) is 13.6 Å². The first-order valence-electron chi connectivity index (χ1n) is 7.51. The first kappa shape index (κ1) is 16.1. The molecule has 0 radical (unpaired) electrons. The van der Waals surface area contributed by atoms with Crippen molar-refractivity contribution in [3.8, 4) is 23.0 Å². The Morgan fingerprint density at radius 2 is 1.96 bits per heavy atom. The van der Waals surface area contributed by atoms with Crippen molar-refractivity contribution in [2.24, 2.45) is 0 Å². The Balaban J connectivity index is 1.80. The van der Waals surface area contributed by atoms with Crippen LogP contribution in [0, 0.1) is 4.84 Å². The molecule has 0 saturated carbocycles. The maximum Gasteiger partial charge on any atom is 0.289 e. The number of benzene rings is 2. The highest BCUT2D eigenvalue weighted by Gasteiger charge is 2.12. The normalized spacial score (nSPS) is 10.5. The third-order valence-corrected chi connectivity index (χ3v) is 3.64. The van der Waals surface area contributed by atoms with Gasteiger partial charge in [-0.05, 0) is 43.4 Å². The number of nitrogens with one attached hydrogen (secondary N) is 1. The van der Waals surface area contributed by atoms with Crippen LogP contribution in [0.4, 0.5) is 5.69 Å². The molecule has 0 saturated heterocycles. The van der Waals surface area contributed by atoms with Gasteiger partial charge in [-0.15, -0.1) is 5.10 Å². The number of hydrogen-bond acceptors (Lipinski definition) is 6. The Kier molecular flexibility index (Phi) is 4.81. The van der Waals surface area contributed by atoms with Crippen LogP contribution in [-0.2, 0) is 6.67 Å². The molecule has 1 aromatic heterocycles. The van der Waals surface area contributed by atoms with E-state index in [9.17, 15) is 5.11 Å². The van der Waals surface area contributed by atoms with Crippen molar-refractivity contribution in [3.63, 3.8) is 0 Å². The molecule has 2 N–H and O–H groups in total. The highest BCUT2D eigenvalue weighted by atomic mass is 32.1. The van der Waals surface area contributed by atoms with Crippen LogP contribution >= 0.6 is 12.2 Å². The molecule has 0 spiro atoms. The van der Waals surface area contributed by atoms with E-state index < -0.39 is 0 Å². The van der Waals surface area contributed by atoms with Gasteiger partial charge in [0, 0.05) is 0 Å². The number of phenols is 1. The molecule has 3 rings (SSSR count). The molecule has 0 aliphatic heterocycles. The van der Waals surface area contributed by atoms with Crippen LogP contribution in [0.5, 0.6) is 11.5 Å². The van der Waals surface area contributed by atoms with E-state index in [1.54, 1.807) is 24.3 Å². The lowest BCUT2D eigenvalue weighted by Crippen LogP contribution is -2.10. The molecule has 0 amide bonds. The van der Waals surface area contributed by atoms with E-state index in [-0.39, 0.29) is 16.5 Å². The molecular formula is C17H17N3O3S. The number of ether oxygens (including phenoxy) is 1. The van der Waals surface area contributed by atoms with Crippen molar-refractivity contribution in [3.05, 3.63) is 53.4 Å². The molecule has 0 bridgehead atoms. The molecule has 0 atom stereocenters. The van der Waals surface area contributed by atoms with Gasteiger partial charge in [-0.3, -0.25) is 0 Å². The smallest absolute Gasteiger partial charge is 0.289 e. The Labute approximate surface area is 144 Å². The van der Waals surface area contributed by atoms with Crippen molar-refractivity contribution in [1.82, 2.24) is 9.78 Å². The molecule has 6 nitrogen and oxygen atoms in total. The molecule has 7 heteroatoms. The number of hydrogen-bond donors (Lipinski definition) is 2. The van der Waals surface area contributed by atoms with E-state index in [1.807, 2.05) is 31.2 Å². The SMILES string of the molecule is CCOc1ccccc1NCn1nc(-c2ccccc2O)oc1=S. The topological polar surface area (TPSA) is 72.5 Å². The van der Waals surface area contributed by atoms with Crippen LogP contribution in [0.15, 0.2) is 52.9 Å². The summed E-state index contributed by atoms with van der Waals surface area (Å²) in [6, 6.07) is 14.5. The van der Waals surface area contributed by atoms with E-state index in [1.165, 1.54) is 4.68 Å². The number of rotatable bonds is 6. The van der Waals surface area contributed by atoms with Gasteiger partial charge in [0.25, 0.3) is 10.7 Å². The zero-order chi connectivity index (χ0) is 16.9. The number of aromatic hydroxyl groups is 1. The van der Waals surface area contributed by atoms with Gasteiger partial charge >= 0.3 is 0 Å². The first-order valence-corrected chi connectivity index (χ1v) is 7.92. The second kappa shape index (κ2) is 7.18. The van der Waals surface area contributed by atoms with Gasteiger partial charge in [-0.1, -0.05) is 24.3 Å². The van der Waals surface area contributed by atoms with Crippen molar-refractivity contribution >= 4 is 17.9 Å². The van der Waals surface area contributed by atoms with Gasteiger partial charge in [-0.25, -0.2) is 4.68 Å². The summed E-state index contributed by atoms with van der Waals surface area (Å²) in [5.41, 5.74) is 1.34.